The third-order valence-electron chi connectivity index (χ3n) is 2.05. The third-order valence-corrected chi connectivity index (χ3v) is 2.05. The lowest BCUT2D eigenvalue weighted by Gasteiger charge is -2.29. The summed E-state index contributed by atoms with van der Waals surface area (Å²) in [6, 6.07) is 0. The molecule has 0 unspecified atom stereocenters. The molecule has 0 fully saturated rings. The molecule has 1 N–H and O–H groups in total. The fourth-order valence-corrected chi connectivity index (χ4v) is 1.69. The molecule has 0 aliphatic carbocycles. The lowest BCUT2D eigenvalue weighted by atomic mass is 10.1. The molecular formula is C12H24NO3+. The second-order valence-electron chi connectivity index (χ2n) is 6.23. The monoisotopic (exact) mass is 230 g/mol. The van der Waals surface area contributed by atoms with Crippen LogP contribution in [-0.2, 0) is 9.47 Å². The number of rotatable bonds is 2. The fourth-order valence-electron chi connectivity index (χ4n) is 1.69. The van der Waals surface area contributed by atoms with Crippen molar-refractivity contribution in [2.75, 3.05) is 6.54 Å². The molecule has 0 aromatic rings. The first kappa shape index (κ1) is 13.5. The van der Waals surface area contributed by atoms with Crippen LogP contribution in [0.1, 0.15) is 41.5 Å². The molecule has 4 heteroatoms. The van der Waals surface area contributed by atoms with Crippen LogP contribution >= 0.6 is 0 Å². The maximum absolute atomic E-state index is 9.48. The SMILES string of the molecule is CC(C)(C)O[C@@H]1C=[N+](O)C[C@H]1OC(C)(C)C. The van der Waals surface area contributed by atoms with Gasteiger partial charge in [-0.3, -0.25) is 5.21 Å². The van der Waals surface area contributed by atoms with Crippen LogP contribution in [0.3, 0.4) is 0 Å². The van der Waals surface area contributed by atoms with E-state index in [2.05, 4.69) is 0 Å². The van der Waals surface area contributed by atoms with Gasteiger partial charge in [0, 0.05) is 0 Å². The highest BCUT2D eigenvalue weighted by atomic mass is 16.6. The van der Waals surface area contributed by atoms with Crippen molar-refractivity contribution in [1.29, 1.82) is 0 Å². The van der Waals surface area contributed by atoms with Crippen molar-refractivity contribution in [3.05, 3.63) is 0 Å². The number of hydrogen-bond donors (Lipinski definition) is 1. The molecule has 16 heavy (non-hydrogen) atoms. The zero-order valence-electron chi connectivity index (χ0n) is 11.2. The number of hydrogen-bond acceptors (Lipinski definition) is 3. The molecule has 2 atom stereocenters. The standard InChI is InChI=1S/C12H24NO3/c1-11(2,3)15-9-7-13(14)8-10(9)16-12(4,5)6/h7,9-10,14H,8H2,1-6H3/q+1/t9-,10-/m1/s1. The Hall–Kier alpha value is -0.610. The van der Waals surface area contributed by atoms with Crippen LogP contribution in [0.25, 0.3) is 0 Å². The smallest absolute Gasteiger partial charge is 0.224 e. The van der Waals surface area contributed by atoms with Gasteiger partial charge in [-0.15, -0.1) is 0 Å². The molecule has 0 bridgehead atoms. The Kier molecular flexibility index (Phi) is 3.65. The molecule has 1 rings (SSSR count). The molecule has 1 heterocycles. The quantitative estimate of drug-likeness (QED) is 0.581. The normalized spacial score (nSPS) is 27.0. The first-order chi connectivity index (χ1) is 7.07. The topological polar surface area (TPSA) is 41.7 Å². The minimum Gasteiger partial charge on any atom is -0.362 e. The summed E-state index contributed by atoms with van der Waals surface area (Å²) in [6.45, 7) is 12.4. The van der Waals surface area contributed by atoms with E-state index in [-0.39, 0.29) is 23.4 Å². The minimum absolute atomic E-state index is 0.121. The summed E-state index contributed by atoms with van der Waals surface area (Å²) in [4.78, 5) is 0. The molecule has 0 radical (unpaired) electrons. The number of hydroxylamine groups is 1. The number of nitrogens with zero attached hydrogens (tertiary/aromatic N) is 1. The van der Waals surface area contributed by atoms with E-state index in [0.29, 0.717) is 6.54 Å². The van der Waals surface area contributed by atoms with Crippen LogP contribution < -0.4 is 0 Å². The van der Waals surface area contributed by atoms with Gasteiger partial charge in [0.05, 0.1) is 11.2 Å². The van der Waals surface area contributed by atoms with E-state index in [4.69, 9.17) is 9.47 Å². The number of ether oxygens (including phenoxy) is 2. The van der Waals surface area contributed by atoms with Crippen molar-refractivity contribution in [3.8, 4) is 0 Å². The largest absolute Gasteiger partial charge is 0.362 e. The summed E-state index contributed by atoms with van der Waals surface area (Å²) in [7, 11) is 0. The summed E-state index contributed by atoms with van der Waals surface area (Å²) < 4.78 is 12.9. The summed E-state index contributed by atoms with van der Waals surface area (Å²) in [5, 5.41) is 9.48. The Bertz CT molecular complexity index is 273. The van der Waals surface area contributed by atoms with Crippen molar-refractivity contribution >= 4 is 6.21 Å². The first-order valence-electron chi connectivity index (χ1n) is 5.73. The molecule has 1 aliphatic rings. The van der Waals surface area contributed by atoms with Gasteiger partial charge in [0.15, 0.2) is 12.2 Å². The highest BCUT2D eigenvalue weighted by molar-refractivity contribution is 5.60. The van der Waals surface area contributed by atoms with E-state index in [1.807, 2.05) is 41.5 Å². The molecule has 4 nitrogen and oxygen atoms in total. The minimum atomic E-state index is -0.244. The van der Waals surface area contributed by atoms with Crippen LogP contribution in [0.15, 0.2) is 0 Å². The van der Waals surface area contributed by atoms with Crippen molar-refractivity contribution in [2.24, 2.45) is 0 Å². The Morgan fingerprint density at radius 2 is 1.56 bits per heavy atom. The maximum atomic E-state index is 9.48. The molecule has 0 spiro atoms. The average molecular weight is 230 g/mol. The molecular weight excluding hydrogens is 206 g/mol. The van der Waals surface area contributed by atoms with Gasteiger partial charge < -0.3 is 9.47 Å². The van der Waals surface area contributed by atoms with Crippen LogP contribution in [-0.4, -0.2) is 46.1 Å². The van der Waals surface area contributed by atoms with Crippen LogP contribution in [0.5, 0.6) is 0 Å². The molecule has 0 saturated carbocycles. The van der Waals surface area contributed by atoms with E-state index in [1.54, 1.807) is 6.21 Å². The average Bonchev–Trinajstić information content (AvgIpc) is 2.23. The van der Waals surface area contributed by atoms with Crippen molar-refractivity contribution in [3.63, 3.8) is 0 Å². The lowest BCUT2D eigenvalue weighted by molar-refractivity contribution is -0.769. The highest BCUT2D eigenvalue weighted by Crippen LogP contribution is 2.21. The van der Waals surface area contributed by atoms with Gasteiger partial charge in [0.1, 0.15) is 0 Å². The van der Waals surface area contributed by atoms with E-state index >= 15 is 0 Å². The highest BCUT2D eigenvalue weighted by Gasteiger charge is 2.40. The summed E-state index contributed by atoms with van der Waals surface area (Å²) in [5.41, 5.74) is -0.477. The predicted molar refractivity (Wildman–Crippen MR) is 62.2 cm³/mol. The third kappa shape index (κ3) is 4.49. The van der Waals surface area contributed by atoms with Crippen LogP contribution in [0, 0.1) is 0 Å². The van der Waals surface area contributed by atoms with Gasteiger partial charge in [0.25, 0.3) is 0 Å². The van der Waals surface area contributed by atoms with E-state index < -0.39 is 0 Å². The van der Waals surface area contributed by atoms with E-state index in [0.717, 1.165) is 4.74 Å². The van der Waals surface area contributed by atoms with Crippen molar-refractivity contribution in [1.82, 2.24) is 0 Å². The summed E-state index contributed by atoms with van der Waals surface area (Å²) in [6.07, 6.45) is 1.36. The van der Waals surface area contributed by atoms with Gasteiger partial charge >= 0.3 is 0 Å². The van der Waals surface area contributed by atoms with Gasteiger partial charge in [-0.25, -0.2) is 0 Å². The van der Waals surface area contributed by atoms with Crippen LogP contribution in [0.2, 0.25) is 0 Å². The molecule has 94 valence electrons. The molecule has 1 aliphatic heterocycles. The second kappa shape index (κ2) is 4.34. The van der Waals surface area contributed by atoms with Gasteiger partial charge in [-0.2, -0.15) is 0 Å². The van der Waals surface area contributed by atoms with Crippen molar-refractivity contribution in [2.45, 2.75) is 65.0 Å². The van der Waals surface area contributed by atoms with Gasteiger partial charge in [-0.1, -0.05) is 0 Å². The predicted octanol–water partition coefficient (Wildman–Crippen LogP) is 1.84. The zero-order chi connectivity index (χ0) is 12.6. The van der Waals surface area contributed by atoms with Crippen LogP contribution in [0.4, 0.5) is 0 Å². The Balaban J connectivity index is 2.65. The van der Waals surface area contributed by atoms with Crippen molar-refractivity contribution < 1.29 is 19.4 Å². The Morgan fingerprint density at radius 1 is 1.06 bits per heavy atom. The molecule has 0 aromatic heterocycles. The van der Waals surface area contributed by atoms with E-state index in [1.165, 1.54) is 0 Å². The molecule has 0 amide bonds. The maximum Gasteiger partial charge on any atom is 0.224 e. The fraction of sp³-hybridized carbons (Fsp3) is 0.917. The molecule has 0 aromatic carbocycles. The van der Waals surface area contributed by atoms with E-state index in [9.17, 15) is 5.21 Å². The summed E-state index contributed by atoms with van der Waals surface area (Å²) >= 11 is 0. The van der Waals surface area contributed by atoms with Gasteiger partial charge in [0.2, 0.25) is 12.8 Å². The Morgan fingerprint density at radius 3 is 2.00 bits per heavy atom. The second-order valence-corrected chi connectivity index (χ2v) is 6.23. The summed E-state index contributed by atoms with van der Waals surface area (Å²) in [5.74, 6) is 0. The lowest BCUT2D eigenvalue weighted by Crippen LogP contribution is -2.41. The first-order valence-corrected chi connectivity index (χ1v) is 5.73. The zero-order valence-corrected chi connectivity index (χ0v) is 11.2. The molecule has 0 saturated heterocycles. The Labute approximate surface area is 97.8 Å². The van der Waals surface area contributed by atoms with Gasteiger partial charge in [-0.05, 0) is 46.3 Å².